The molecule has 0 aliphatic heterocycles. The number of benzene rings is 1. The summed E-state index contributed by atoms with van der Waals surface area (Å²) in [5.41, 5.74) is 2.83. The standard InChI is InChI=1S/C16H19NO2/c1-3-7-12-11-8-5-6-9-13(11)15(18)14(12)16(19)17-10-4-2/h5-6,8-9H,3-4,7,10H2,1-2H3,(H,17,19). The number of carbonyl (C=O) groups excluding carboxylic acids is 2. The van der Waals surface area contributed by atoms with Gasteiger partial charge in [-0.05, 0) is 24.0 Å². The van der Waals surface area contributed by atoms with Crippen LogP contribution in [0.2, 0.25) is 0 Å². The number of ketones is 1. The van der Waals surface area contributed by atoms with Gasteiger partial charge in [0.05, 0.1) is 5.57 Å². The Balaban J connectivity index is 2.41. The summed E-state index contributed by atoms with van der Waals surface area (Å²) in [4.78, 5) is 24.5. The molecule has 0 saturated carbocycles. The third-order valence-corrected chi connectivity index (χ3v) is 3.29. The molecule has 0 aromatic heterocycles. The van der Waals surface area contributed by atoms with Gasteiger partial charge in [0.25, 0.3) is 5.91 Å². The van der Waals surface area contributed by atoms with E-state index < -0.39 is 0 Å². The maximum absolute atomic E-state index is 12.4. The predicted octanol–water partition coefficient (Wildman–Crippen LogP) is 2.96. The molecule has 0 saturated heterocycles. The first-order valence-corrected chi connectivity index (χ1v) is 6.86. The first-order chi connectivity index (χ1) is 9.20. The van der Waals surface area contributed by atoms with E-state index in [0.717, 1.165) is 30.4 Å². The van der Waals surface area contributed by atoms with Crippen LogP contribution in [-0.4, -0.2) is 18.2 Å². The van der Waals surface area contributed by atoms with E-state index in [1.165, 1.54) is 0 Å². The topological polar surface area (TPSA) is 46.2 Å². The number of allylic oxidation sites excluding steroid dienone is 1. The van der Waals surface area contributed by atoms with E-state index in [1.807, 2.05) is 25.1 Å². The molecule has 100 valence electrons. The highest BCUT2D eigenvalue weighted by Gasteiger charge is 2.32. The molecule has 0 fully saturated rings. The minimum atomic E-state index is -0.230. The minimum absolute atomic E-state index is 0.132. The zero-order valence-corrected chi connectivity index (χ0v) is 11.5. The van der Waals surface area contributed by atoms with Crippen LogP contribution in [0.15, 0.2) is 29.8 Å². The van der Waals surface area contributed by atoms with E-state index in [1.54, 1.807) is 6.07 Å². The third-order valence-electron chi connectivity index (χ3n) is 3.29. The van der Waals surface area contributed by atoms with Crippen molar-refractivity contribution in [1.29, 1.82) is 0 Å². The summed E-state index contributed by atoms with van der Waals surface area (Å²) in [6.45, 7) is 4.65. The Labute approximate surface area is 113 Å². The van der Waals surface area contributed by atoms with E-state index in [4.69, 9.17) is 0 Å². The highest BCUT2D eigenvalue weighted by molar-refractivity contribution is 6.34. The first kappa shape index (κ1) is 13.5. The average Bonchev–Trinajstić information content (AvgIpc) is 2.71. The Morgan fingerprint density at radius 3 is 2.42 bits per heavy atom. The Morgan fingerprint density at radius 2 is 1.79 bits per heavy atom. The van der Waals surface area contributed by atoms with E-state index in [0.29, 0.717) is 17.7 Å². The minimum Gasteiger partial charge on any atom is -0.352 e. The summed E-state index contributed by atoms with van der Waals surface area (Å²) in [7, 11) is 0. The molecule has 0 atom stereocenters. The zero-order chi connectivity index (χ0) is 13.8. The summed E-state index contributed by atoms with van der Waals surface area (Å²) in [5, 5.41) is 2.81. The van der Waals surface area contributed by atoms with Crippen molar-refractivity contribution in [2.24, 2.45) is 0 Å². The Kier molecular flexibility index (Phi) is 4.15. The van der Waals surface area contributed by atoms with Gasteiger partial charge in [0.15, 0.2) is 5.78 Å². The molecule has 3 heteroatoms. The van der Waals surface area contributed by atoms with Gasteiger partial charge in [0.2, 0.25) is 0 Å². The van der Waals surface area contributed by atoms with Crippen molar-refractivity contribution < 1.29 is 9.59 Å². The monoisotopic (exact) mass is 257 g/mol. The van der Waals surface area contributed by atoms with Crippen LogP contribution in [0.3, 0.4) is 0 Å². The molecule has 2 rings (SSSR count). The van der Waals surface area contributed by atoms with Crippen molar-refractivity contribution in [2.75, 3.05) is 6.54 Å². The van der Waals surface area contributed by atoms with Crippen molar-refractivity contribution in [3.63, 3.8) is 0 Å². The molecule has 1 aromatic rings. The highest BCUT2D eigenvalue weighted by atomic mass is 16.2. The lowest BCUT2D eigenvalue weighted by Gasteiger charge is -2.06. The molecule has 0 spiro atoms. The number of Topliss-reactive ketones (excluding diaryl/α,β-unsaturated/α-hetero) is 1. The number of hydrogen-bond donors (Lipinski definition) is 1. The molecule has 0 unspecified atom stereocenters. The van der Waals surface area contributed by atoms with Crippen molar-refractivity contribution in [3.8, 4) is 0 Å². The molecule has 3 nitrogen and oxygen atoms in total. The smallest absolute Gasteiger partial charge is 0.255 e. The van der Waals surface area contributed by atoms with Gasteiger partial charge in [-0.2, -0.15) is 0 Å². The maximum Gasteiger partial charge on any atom is 0.255 e. The van der Waals surface area contributed by atoms with Crippen LogP contribution in [-0.2, 0) is 4.79 Å². The van der Waals surface area contributed by atoms with Gasteiger partial charge in [-0.25, -0.2) is 0 Å². The lowest BCUT2D eigenvalue weighted by molar-refractivity contribution is -0.117. The fourth-order valence-electron chi connectivity index (χ4n) is 2.43. The molecule has 1 N–H and O–H groups in total. The van der Waals surface area contributed by atoms with Crippen LogP contribution in [0.25, 0.3) is 5.57 Å². The van der Waals surface area contributed by atoms with Gasteiger partial charge in [-0.15, -0.1) is 0 Å². The zero-order valence-electron chi connectivity index (χ0n) is 11.5. The molecule has 1 amide bonds. The summed E-state index contributed by atoms with van der Waals surface area (Å²) >= 11 is 0. The SMILES string of the molecule is CCCNC(=O)C1=C(CCC)c2ccccc2C1=O. The summed E-state index contributed by atoms with van der Waals surface area (Å²) in [6.07, 6.45) is 2.54. The molecule has 0 heterocycles. The number of nitrogens with one attached hydrogen (secondary N) is 1. The molecule has 0 radical (unpaired) electrons. The summed E-state index contributed by atoms with van der Waals surface area (Å²) < 4.78 is 0. The summed E-state index contributed by atoms with van der Waals surface area (Å²) in [6, 6.07) is 7.48. The molecule has 19 heavy (non-hydrogen) atoms. The summed E-state index contributed by atoms with van der Waals surface area (Å²) in [5.74, 6) is -0.362. The number of hydrogen-bond acceptors (Lipinski definition) is 2. The molecular formula is C16H19NO2. The van der Waals surface area contributed by atoms with E-state index in [2.05, 4.69) is 12.2 Å². The normalized spacial score (nSPS) is 13.7. The number of fused-ring (bicyclic) bond motifs is 1. The molecule has 1 aliphatic carbocycles. The second-order valence-corrected chi connectivity index (χ2v) is 4.73. The van der Waals surface area contributed by atoms with Gasteiger partial charge >= 0.3 is 0 Å². The van der Waals surface area contributed by atoms with Crippen molar-refractivity contribution in [3.05, 3.63) is 41.0 Å². The Morgan fingerprint density at radius 1 is 1.11 bits per heavy atom. The number of rotatable bonds is 5. The number of amides is 1. The van der Waals surface area contributed by atoms with Crippen LogP contribution in [0.5, 0.6) is 0 Å². The van der Waals surface area contributed by atoms with Gasteiger partial charge in [0.1, 0.15) is 0 Å². The molecule has 1 aliphatic rings. The molecular weight excluding hydrogens is 238 g/mol. The Hall–Kier alpha value is -1.90. The predicted molar refractivity (Wildman–Crippen MR) is 75.9 cm³/mol. The van der Waals surface area contributed by atoms with E-state index in [-0.39, 0.29) is 11.7 Å². The van der Waals surface area contributed by atoms with Crippen LogP contribution in [0, 0.1) is 0 Å². The maximum atomic E-state index is 12.4. The van der Waals surface area contributed by atoms with E-state index >= 15 is 0 Å². The second-order valence-electron chi connectivity index (χ2n) is 4.73. The van der Waals surface area contributed by atoms with Gasteiger partial charge in [-0.3, -0.25) is 9.59 Å². The second kappa shape index (κ2) is 5.83. The Bertz CT molecular complexity index is 543. The van der Waals surface area contributed by atoms with Crippen LogP contribution in [0.4, 0.5) is 0 Å². The fourth-order valence-corrected chi connectivity index (χ4v) is 2.43. The largest absolute Gasteiger partial charge is 0.352 e. The van der Waals surface area contributed by atoms with Crippen molar-refractivity contribution in [1.82, 2.24) is 5.32 Å². The molecule has 1 aromatic carbocycles. The number of carbonyl (C=O) groups is 2. The van der Waals surface area contributed by atoms with Crippen LogP contribution >= 0.6 is 0 Å². The first-order valence-electron chi connectivity index (χ1n) is 6.86. The third kappa shape index (κ3) is 2.46. The van der Waals surface area contributed by atoms with Gasteiger partial charge in [-0.1, -0.05) is 44.5 Å². The average molecular weight is 257 g/mol. The fraction of sp³-hybridized carbons (Fsp3) is 0.375. The van der Waals surface area contributed by atoms with Crippen LogP contribution in [0.1, 0.15) is 49.0 Å². The highest BCUT2D eigenvalue weighted by Crippen LogP contribution is 2.35. The van der Waals surface area contributed by atoms with Crippen molar-refractivity contribution in [2.45, 2.75) is 33.1 Å². The van der Waals surface area contributed by atoms with Crippen LogP contribution < -0.4 is 5.32 Å². The van der Waals surface area contributed by atoms with E-state index in [9.17, 15) is 9.59 Å². The lowest BCUT2D eigenvalue weighted by Crippen LogP contribution is -2.28. The molecule has 0 bridgehead atoms. The van der Waals surface area contributed by atoms with Crippen molar-refractivity contribution >= 4 is 17.3 Å². The van der Waals surface area contributed by atoms with Gasteiger partial charge in [0, 0.05) is 12.1 Å². The quantitative estimate of drug-likeness (QED) is 0.824. The lowest BCUT2D eigenvalue weighted by atomic mass is 10.0. The van der Waals surface area contributed by atoms with Gasteiger partial charge < -0.3 is 5.32 Å².